The number of nitrogens with zero attached hydrogens (tertiary/aromatic N) is 1. The van der Waals surface area contributed by atoms with Gasteiger partial charge in [0.2, 0.25) is 0 Å². The van der Waals surface area contributed by atoms with Crippen molar-refractivity contribution in [2.24, 2.45) is 0 Å². The summed E-state index contributed by atoms with van der Waals surface area (Å²) in [5.74, 6) is -0.733. The first-order chi connectivity index (χ1) is 14.4. The van der Waals surface area contributed by atoms with Gasteiger partial charge in [-0.3, -0.25) is 19.8 Å². The second-order valence-electron chi connectivity index (χ2n) is 6.13. The number of hydrogen-bond donors (Lipinski definition) is 1. The first-order valence-corrected chi connectivity index (χ1v) is 11.0. The van der Waals surface area contributed by atoms with Crippen molar-refractivity contribution in [2.75, 3.05) is 4.90 Å². The minimum atomic E-state index is -0.573. The van der Waals surface area contributed by atoms with Crippen LogP contribution in [0.5, 0.6) is 0 Å². The number of thiocarbonyl (C=S) groups is 1. The Morgan fingerprint density at radius 3 is 2.50 bits per heavy atom. The van der Waals surface area contributed by atoms with E-state index in [2.05, 4.69) is 21.2 Å². The molecule has 2 aromatic carbocycles. The molecule has 1 aromatic heterocycles. The maximum atomic E-state index is 13.0. The molecule has 0 saturated carbocycles. The molecule has 3 aromatic rings. The van der Waals surface area contributed by atoms with Crippen molar-refractivity contribution in [3.05, 3.63) is 81.5 Å². The summed E-state index contributed by atoms with van der Waals surface area (Å²) in [5.41, 5.74) is 0.495. The number of benzene rings is 2. The smallest absolute Gasteiger partial charge is 0.270 e. The van der Waals surface area contributed by atoms with Gasteiger partial charge in [-0.05, 0) is 76.7 Å². The maximum Gasteiger partial charge on any atom is 0.270 e. The van der Waals surface area contributed by atoms with Gasteiger partial charge in [0.1, 0.15) is 11.3 Å². The van der Waals surface area contributed by atoms with Crippen LogP contribution in [0.15, 0.2) is 85.1 Å². The van der Waals surface area contributed by atoms with Gasteiger partial charge in [0.05, 0.1) is 10.2 Å². The van der Waals surface area contributed by atoms with Gasteiger partial charge in [-0.1, -0.05) is 41.6 Å². The normalized spacial score (nSPS) is 15.6. The lowest BCUT2D eigenvalue weighted by atomic mass is 10.1. The van der Waals surface area contributed by atoms with Crippen molar-refractivity contribution in [2.45, 2.75) is 9.99 Å². The minimum absolute atomic E-state index is 0.0351. The van der Waals surface area contributed by atoms with E-state index in [0.29, 0.717) is 26.0 Å². The van der Waals surface area contributed by atoms with Crippen LogP contribution < -0.4 is 10.2 Å². The lowest BCUT2D eigenvalue weighted by molar-refractivity contribution is -0.122. The number of furan rings is 1. The Hall–Kier alpha value is -2.39. The summed E-state index contributed by atoms with van der Waals surface area (Å²) >= 11 is 16.0. The van der Waals surface area contributed by atoms with Crippen LogP contribution in [0.25, 0.3) is 6.08 Å². The summed E-state index contributed by atoms with van der Waals surface area (Å²) in [5, 5.41) is 3.82. The third-order valence-electron chi connectivity index (χ3n) is 4.10. The molecule has 5 nitrogen and oxygen atoms in total. The van der Waals surface area contributed by atoms with E-state index in [4.69, 9.17) is 28.2 Å². The van der Waals surface area contributed by atoms with Gasteiger partial charge < -0.3 is 4.42 Å². The summed E-state index contributed by atoms with van der Waals surface area (Å²) in [6.07, 6.45) is 1.41. The van der Waals surface area contributed by atoms with E-state index < -0.39 is 11.8 Å². The van der Waals surface area contributed by atoms with Crippen LogP contribution >= 0.6 is 51.5 Å². The van der Waals surface area contributed by atoms with E-state index in [9.17, 15) is 9.59 Å². The topological polar surface area (TPSA) is 62.6 Å². The second kappa shape index (κ2) is 8.77. The molecule has 1 aliphatic rings. The first kappa shape index (κ1) is 20.9. The lowest BCUT2D eigenvalue weighted by Gasteiger charge is -2.28. The highest BCUT2D eigenvalue weighted by atomic mass is 79.9. The average Bonchev–Trinajstić information content (AvgIpc) is 3.06. The summed E-state index contributed by atoms with van der Waals surface area (Å²) < 4.78 is 6.54. The van der Waals surface area contributed by atoms with Crippen molar-refractivity contribution >= 4 is 80.2 Å². The van der Waals surface area contributed by atoms with Gasteiger partial charge in [-0.25, -0.2) is 0 Å². The number of amides is 2. The van der Waals surface area contributed by atoms with Crippen molar-refractivity contribution in [1.29, 1.82) is 0 Å². The highest BCUT2D eigenvalue weighted by Gasteiger charge is 2.34. The van der Waals surface area contributed by atoms with Gasteiger partial charge in [-0.15, -0.1) is 0 Å². The molecule has 0 spiro atoms. The predicted molar refractivity (Wildman–Crippen MR) is 125 cm³/mol. The highest BCUT2D eigenvalue weighted by molar-refractivity contribution is 9.10. The fourth-order valence-electron chi connectivity index (χ4n) is 2.73. The summed E-state index contributed by atoms with van der Waals surface area (Å²) in [6, 6.07) is 17.9. The van der Waals surface area contributed by atoms with Crippen molar-refractivity contribution in [3.63, 3.8) is 0 Å². The molecular formula is C21H12BrClN2O3S2. The molecule has 0 aliphatic carbocycles. The van der Waals surface area contributed by atoms with Crippen molar-refractivity contribution in [1.82, 2.24) is 5.32 Å². The number of halogens is 2. The molecule has 2 heterocycles. The van der Waals surface area contributed by atoms with Crippen LogP contribution in [-0.2, 0) is 9.59 Å². The standard InChI is InChI=1S/C21H12BrClN2O3S2/c22-17-11-14(28-20(17)30-15-8-6-12(23)7-9-15)10-16-18(26)24-21(29)25(19(16)27)13-4-2-1-3-5-13/h1-11H,(H,24,26,29)/b16-10-. The molecule has 2 amide bonds. The van der Waals surface area contributed by atoms with Gasteiger partial charge in [-0.2, -0.15) is 0 Å². The monoisotopic (exact) mass is 518 g/mol. The van der Waals surface area contributed by atoms with Crippen LogP contribution in [-0.4, -0.2) is 16.9 Å². The fourth-order valence-corrected chi connectivity index (χ4v) is 4.47. The molecule has 0 unspecified atom stereocenters. The van der Waals surface area contributed by atoms with Gasteiger partial charge >= 0.3 is 0 Å². The van der Waals surface area contributed by atoms with E-state index in [0.717, 1.165) is 4.90 Å². The number of carbonyl (C=O) groups is 2. The number of hydrogen-bond acceptors (Lipinski definition) is 5. The zero-order chi connectivity index (χ0) is 21.3. The molecule has 4 rings (SSSR count). The van der Waals surface area contributed by atoms with Crippen LogP contribution in [0.1, 0.15) is 5.76 Å². The zero-order valence-electron chi connectivity index (χ0n) is 15.1. The van der Waals surface area contributed by atoms with E-state index in [-0.39, 0.29) is 10.7 Å². The molecular weight excluding hydrogens is 508 g/mol. The molecule has 1 aliphatic heterocycles. The highest BCUT2D eigenvalue weighted by Crippen LogP contribution is 2.37. The second-order valence-corrected chi connectivity index (χ2v) is 8.86. The average molecular weight is 520 g/mol. The van der Waals surface area contributed by atoms with E-state index in [1.807, 2.05) is 18.2 Å². The van der Waals surface area contributed by atoms with Crippen LogP contribution in [0, 0.1) is 0 Å². The molecule has 0 atom stereocenters. The SMILES string of the molecule is O=C1NC(=S)N(c2ccccc2)C(=O)/C1=C\c1cc(Br)c(Sc2ccc(Cl)cc2)o1. The zero-order valence-corrected chi connectivity index (χ0v) is 19.1. The number of anilines is 1. The molecule has 1 fully saturated rings. The van der Waals surface area contributed by atoms with Crippen LogP contribution in [0.3, 0.4) is 0 Å². The lowest BCUT2D eigenvalue weighted by Crippen LogP contribution is -2.54. The molecule has 30 heavy (non-hydrogen) atoms. The Kier molecular flexibility index (Phi) is 6.10. The molecule has 9 heteroatoms. The van der Waals surface area contributed by atoms with E-state index >= 15 is 0 Å². The van der Waals surface area contributed by atoms with Gasteiger partial charge in [0.25, 0.3) is 11.8 Å². The summed E-state index contributed by atoms with van der Waals surface area (Å²) in [4.78, 5) is 27.6. The largest absolute Gasteiger partial charge is 0.449 e. The Bertz CT molecular complexity index is 1180. The molecule has 0 bridgehead atoms. The van der Waals surface area contributed by atoms with Gasteiger partial charge in [0.15, 0.2) is 10.2 Å². The summed E-state index contributed by atoms with van der Waals surface area (Å²) in [7, 11) is 0. The minimum Gasteiger partial charge on any atom is -0.449 e. The van der Waals surface area contributed by atoms with Crippen molar-refractivity contribution in [3.8, 4) is 0 Å². The third-order valence-corrected chi connectivity index (χ3v) is 6.49. The predicted octanol–water partition coefficient (Wildman–Crippen LogP) is 5.68. The fraction of sp³-hybridized carbons (Fsp3) is 0. The van der Waals surface area contributed by atoms with Crippen LogP contribution in [0.2, 0.25) is 5.02 Å². The maximum absolute atomic E-state index is 13.0. The number of carbonyl (C=O) groups excluding carboxylic acids is 2. The first-order valence-electron chi connectivity index (χ1n) is 8.61. The third kappa shape index (κ3) is 4.37. The molecule has 1 saturated heterocycles. The number of para-hydroxylation sites is 1. The number of nitrogens with one attached hydrogen (secondary N) is 1. The van der Waals surface area contributed by atoms with Gasteiger partial charge in [0, 0.05) is 9.92 Å². The Balaban J connectivity index is 1.63. The quantitative estimate of drug-likeness (QED) is 0.273. The molecule has 150 valence electrons. The Labute approximate surface area is 195 Å². The van der Waals surface area contributed by atoms with E-state index in [1.54, 1.807) is 42.5 Å². The summed E-state index contributed by atoms with van der Waals surface area (Å²) in [6.45, 7) is 0. The van der Waals surface area contributed by atoms with Crippen LogP contribution in [0.4, 0.5) is 5.69 Å². The van der Waals surface area contributed by atoms with E-state index in [1.165, 1.54) is 22.7 Å². The number of rotatable bonds is 4. The Morgan fingerprint density at radius 2 is 1.80 bits per heavy atom. The molecule has 0 radical (unpaired) electrons. The van der Waals surface area contributed by atoms with Crippen molar-refractivity contribution < 1.29 is 14.0 Å². The Morgan fingerprint density at radius 1 is 1.10 bits per heavy atom. The molecule has 1 N–H and O–H groups in total.